The van der Waals surface area contributed by atoms with Crippen LogP contribution in [0.25, 0.3) is 10.8 Å². The molecule has 0 aliphatic carbocycles. The summed E-state index contributed by atoms with van der Waals surface area (Å²) in [6, 6.07) is 12.2. The molecule has 2 aromatic carbocycles. The third-order valence-electron chi connectivity index (χ3n) is 4.26. The van der Waals surface area contributed by atoms with Gasteiger partial charge in [-0.05, 0) is 54.9 Å². The Labute approximate surface area is 119 Å². The van der Waals surface area contributed by atoms with Crippen molar-refractivity contribution >= 4 is 10.8 Å². The molecule has 0 amide bonds. The van der Waals surface area contributed by atoms with Crippen molar-refractivity contribution in [2.45, 2.75) is 18.9 Å². The van der Waals surface area contributed by atoms with Gasteiger partial charge in [0.2, 0.25) is 0 Å². The maximum Gasteiger partial charge on any atom is 0.126 e. The Kier molecular flexibility index (Phi) is 3.90. The Morgan fingerprint density at radius 3 is 2.75 bits per heavy atom. The molecule has 1 heterocycles. The topological polar surface area (TPSA) is 41.5 Å². The summed E-state index contributed by atoms with van der Waals surface area (Å²) in [4.78, 5) is 0. The normalized spacial score (nSPS) is 18.1. The maximum absolute atomic E-state index is 10.6. The molecule has 3 heteroatoms. The van der Waals surface area contributed by atoms with E-state index in [1.807, 2.05) is 18.2 Å². The number of rotatable bonds is 3. The van der Waals surface area contributed by atoms with Crippen molar-refractivity contribution in [3.05, 3.63) is 42.0 Å². The lowest BCUT2D eigenvalue weighted by molar-refractivity contribution is 0.0890. The number of ether oxygens (including phenoxy) is 1. The second-order valence-electron chi connectivity index (χ2n) is 5.47. The van der Waals surface area contributed by atoms with Crippen LogP contribution < -0.4 is 10.1 Å². The lowest BCUT2D eigenvalue weighted by atomic mass is 9.87. The quantitative estimate of drug-likeness (QED) is 0.902. The molecule has 3 rings (SSSR count). The van der Waals surface area contributed by atoms with Gasteiger partial charge in [0.25, 0.3) is 0 Å². The first-order valence-corrected chi connectivity index (χ1v) is 7.25. The molecule has 1 aliphatic rings. The molecule has 20 heavy (non-hydrogen) atoms. The first-order valence-electron chi connectivity index (χ1n) is 7.25. The van der Waals surface area contributed by atoms with Crippen molar-refractivity contribution in [3.63, 3.8) is 0 Å². The molecule has 1 saturated heterocycles. The van der Waals surface area contributed by atoms with Gasteiger partial charge in [-0.25, -0.2) is 0 Å². The fourth-order valence-electron chi connectivity index (χ4n) is 3.06. The zero-order chi connectivity index (χ0) is 13.9. The molecule has 2 N–H and O–H groups in total. The van der Waals surface area contributed by atoms with E-state index in [4.69, 9.17) is 4.74 Å². The summed E-state index contributed by atoms with van der Waals surface area (Å²) in [7, 11) is 1.69. The number of fused-ring (bicyclic) bond motifs is 1. The van der Waals surface area contributed by atoms with Gasteiger partial charge in [-0.3, -0.25) is 0 Å². The number of hydrogen-bond acceptors (Lipinski definition) is 3. The summed E-state index contributed by atoms with van der Waals surface area (Å²) in [6.07, 6.45) is 1.68. The largest absolute Gasteiger partial charge is 0.496 e. The summed E-state index contributed by atoms with van der Waals surface area (Å²) < 4.78 is 5.42. The van der Waals surface area contributed by atoms with Crippen LogP contribution in [-0.4, -0.2) is 25.3 Å². The fraction of sp³-hybridized carbons (Fsp3) is 0.412. The highest BCUT2D eigenvalue weighted by Crippen LogP contribution is 2.33. The average molecular weight is 271 g/mol. The molecule has 0 aromatic heterocycles. The van der Waals surface area contributed by atoms with Gasteiger partial charge in [0.1, 0.15) is 5.75 Å². The smallest absolute Gasteiger partial charge is 0.126 e. The minimum Gasteiger partial charge on any atom is -0.496 e. The van der Waals surface area contributed by atoms with E-state index in [2.05, 4.69) is 23.5 Å². The molecule has 106 valence electrons. The third-order valence-corrected chi connectivity index (χ3v) is 4.26. The third kappa shape index (κ3) is 2.51. The summed E-state index contributed by atoms with van der Waals surface area (Å²) in [5.41, 5.74) is 0.994. The second-order valence-corrected chi connectivity index (χ2v) is 5.47. The van der Waals surface area contributed by atoms with Gasteiger partial charge in [-0.2, -0.15) is 0 Å². The van der Waals surface area contributed by atoms with Gasteiger partial charge in [0, 0.05) is 5.39 Å². The summed E-state index contributed by atoms with van der Waals surface area (Å²) >= 11 is 0. The highest BCUT2D eigenvalue weighted by atomic mass is 16.5. The first-order chi connectivity index (χ1) is 9.79. The zero-order valence-electron chi connectivity index (χ0n) is 11.8. The van der Waals surface area contributed by atoms with Crippen molar-refractivity contribution in [1.82, 2.24) is 5.32 Å². The van der Waals surface area contributed by atoms with E-state index < -0.39 is 0 Å². The van der Waals surface area contributed by atoms with Crippen molar-refractivity contribution < 1.29 is 9.84 Å². The lowest BCUT2D eigenvalue weighted by Crippen LogP contribution is -2.30. The Hall–Kier alpha value is -1.58. The van der Waals surface area contributed by atoms with Crippen LogP contribution in [0.15, 0.2) is 36.4 Å². The van der Waals surface area contributed by atoms with Crippen LogP contribution >= 0.6 is 0 Å². The molecule has 1 aliphatic heterocycles. The minimum absolute atomic E-state index is 0.350. The number of hydrogen-bond donors (Lipinski definition) is 2. The molecule has 3 nitrogen and oxygen atoms in total. The van der Waals surface area contributed by atoms with Crippen molar-refractivity contribution in [1.29, 1.82) is 0 Å². The van der Waals surface area contributed by atoms with Gasteiger partial charge in [-0.15, -0.1) is 0 Å². The van der Waals surface area contributed by atoms with E-state index in [1.54, 1.807) is 7.11 Å². The molecule has 1 atom stereocenters. The van der Waals surface area contributed by atoms with E-state index in [0.717, 1.165) is 48.0 Å². The first kappa shape index (κ1) is 13.4. The van der Waals surface area contributed by atoms with Gasteiger partial charge >= 0.3 is 0 Å². The summed E-state index contributed by atoms with van der Waals surface area (Å²) in [6.45, 7) is 2.00. The fourth-order valence-corrected chi connectivity index (χ4v) is 3.06. The molecule has 1 unspecified atom stereocenters. The standard InChI is InChI=1S/C17H21NO2/c1-20-16-4-2-3-12-5-6-14(11-15(12)16)17(19)13-7-9-18-10-8-13/h2-6,11,13,17-19H,7-10H2,1H3. The molecule has 0 bridgehead atoms. The van der Waals surface area contributed by atoms with E-state index in [0.29, 0.717) is 5.92 Å². The van der Waals surface area contributed by atoms with Gasteiger partial charge in [0.15, 0.2) is 0 Å². The minimum atomic E-state index is -0.383. The number of methoxy groups -OCH3 is 1. The number of aliphatic hydroxyl groups excluding tert-OH is 1. The monoisotopic (exact) mass is 271 g/mol. The SMILES string of the molecule is COc1cccc2ccc(C(O)C3CCNCC3)cc12. The van der Waals surface area contributed by atoms with Crippen LogP contribution in [0.2, 0.25) is 0 Å². The van der Waals surface area contributed by atoms with Crippen molar-refractivity contribution in [3.8, 4) is 5.75 Å². The van der Waals surface area contributed by atoms with Crippen LogP contribution in [0.3, 0.4) is 0 Å². The molecular formula is C17H21NO2. The molecule has 0 spiro atoms. The molecule has 2 aromatic rings. The highest BCUT2D eigenvalue weighted by molar-refractivity contribution is 5.88. The lowest BCUT2D eigenvalue weighted by Gasteiger charge is -2.27. The molecule has 0 radical (unpaired) electrons. The number of nitrogens with one attached hydrogen (secondary N) is 1. The van der Waals surface area contributed by atoms with E-state index in [1.165, 1.54) is 0 Å². The summed E-state index contributed by atoms with van der Waals surface area (Å²) in [5, 5.41) is 16.2. The van der Waals surface area contributed by atoms with Crippen molar-refractivity contribution in [2.75, 3.05) is 20.2 Å². The molecule has 1 fully saturated rings. The van der Waals surface area contributed by atoms with Crippen LogP contribution in [0, 0.1) is 5.92 Å². The average Bonchev–Trinajstić information content (AvgIpc) is 2.54. The number of aliphatic hydroxyl groups is 1. The second kappa shape index (κ2) is 5.81. The van der Waals surface area contributed by atoms with Gasteiger partial charge < -0.3 is 15.2 Å². The Morgan fingerprint density at radius 1 is 1.20 bits per heavy atom. The van der Waals surface area contributed by atoms with Gasteiger partial charge in [0.05, 0.1) is 13.2 Å². The highest BCUT2D eigenvalue weighted by Gasteiger charge is 2.23. The van der Waals surface area contributed by atoms with Crippen LogP contribution in [-0.2, 0) is 0 Å². The van der Waals surface area contributed by atoms with Crippen LogP contribution in [0.4, 0.5) is 0 Å². The Morgan fingerprint density at radius 2 is 2.00 bits per heavy atom. The molecular weight excluding hydrogens is 250 g/mol. The van der Waals surface area contributed by atoms with Crippen LogP contribution in [0.1, 0.15) is 24.5 Å². The summed E-state index contributed by atoms with van der Waals surface area (Å²) in [5.74, 6) is 1.21. The van der Waals surface area contributed by atoms with Gasteiger partial charge in [-0.1, -0.05) is 24.3 Å². The van der Waals surface area contributed by atoms with E-state index in [-0.39, 0.29) is 6.10 Å². The maximum atomic E-state index is 10.6. The predicted octanol–water partition coefficient (Wildman–Crippen LogP) is 2.88. The number of piperidine rings is 1. The van der Waals surface area contributed by atoms with Crippen molar-refractivity contribution in [2.24, 2.45) is 5.92 Å². The Balaban J connectivity index is 1.95. The number of benzene rings is 2. The predicted molar refractivity (Wildman–Crippen MR) is 81.1 cm³/mol. The van der Waals surface area contributed by atoms with E-state index in [9.17, 15) is 5.11 Å². The molecule has 0 saturated carbocycles. The van der Waals surface area contributed by atoms with E-state index >= 15 is 0 Å². The van der Waals surface area contributed by atoms with Crippen LogP contribution in [0.5, 0.6) is 5.75 Å². The Bertz CT molecular complexity index is 591. The zero-order valence-corrected chi connectivity index (χ0v) is 11.8.